The fraction of sp³-hybridized carbons (Fsp3) is 0.167. The van der Waals surface area contributed by atoms with Gasteiger partial charge in [0.05, 0.1) is 17.6 Å². The zero-order valence-corrected chi connectivity index (χ0v) is 16.1. The van der Waals surface area contributed by atoms with Gasteiger partial charge in [-0.2, -0.15) is 0 Å². The molecule has 0 atom stereocenters. The normalized spacial score (nSPS) is 10.9. The van der Waals surface area contributed by atoms with Crippen molar-refractivity contribution in [2.45, 2.75) is 20.1 Å². The van der Waals surface area contributed by atoms with Gasteiger partial charge >= 0.3 is 5.97 Å². The van der Waals surface area contributed by atoms with Gasteiger partial charge in [0.1, 0.15) is 18.9 Å². The van der Waals surface area contributed by atoms with Crippen LogP contribution in [0.1, 0.15) is 12.5 Å². The van der Waals surface area contributed by atoms with Gasteiger partial charge in [0.15, 0.2) is 5.43 Å². The number of aromatic nitrogens is 1. The van der Waals surface area contributed by atoms with E-state index < -0.39 is 0 Å². The minimum atomic E-state index is -0.379. The highest BCUT2D eigenvalue weighted by Gasteiger charge is 2.14. The molecule has 1 heterocycles. The zero-order valence-electron chi connectivity index (χ0n) is 16.1. The molecule has 4 aromatic rings. The third-order valence-corrected chi connectivity index (χ3v) is 4.83. The van der Waals surface area contributed by atoms with Crippen LogP contribution in [0.15, 0.2) is 77.6 Å². The molecule has 29 heavy (non-hydrogen) atoms. The second-order valence-electron chi connectivity index (χ2n) is 6.65. The third kappa shape index (κ3) is 3.72. The van der Waals surface area contributed by atoms with Gasteiger partial charge in [0.2, 0.25) is 0 Å². The number of para-hydroxylation sites is 3. The van der Waals surface area contributed by atoms with E-state index in [0.29, 0.717) is 34.2 Å². The van der Waals surface area contributed by atoms with Gasteiger partial charge in [-0.1, -0.05) is 42.5 Å². The number of esters is 1. The van der Waals surface area contributed by atoms with Gasteiger partial charge in [-0.05, 0) is 37.3 Å². The summed E-state index contributed by atoms with van der Waals surface area (Å²) in [5, 5.41) is 1.17. The van der Waals surface area contributed by atoms with Crippen molar-refractivity contribution in [1.29, 1.82) is 0 Å². The summed E-state index contributed by atoms with van der Waals surface area (Å²) < 4.78 is 13.0. The summed E-state index contributed by atoms with van der Waals surface area (Å²) in [7, 11) is 0. The lowest BCUT2D eigenvalue weighted by Crippen LogP contribution is -2.18. The SMILES string of the molecule is CCOc1ccccc1COC(=O)Cn1c2ccccc2c(=O)c2ccccc21. The average molecular weight is 387 g/mol. The second kappa shape index (κ2) is 8.19. The van der Waals surface area contributed by atoms with E-state index in [1.807, 2.05) is 72.2 Å². The van der Waals surface area contributed by atoms with Crippen molar-refractivity contribution in [2.75, 3.05) is 6.61 Å². The van der Waals surface area contributed by atoms with Crippen LogP contribution in [0.3, 0.4) is 0 Å². The Morgan fingerprint density at radius 2 is 1.45 bits per heavy atom. The molecule has 0 saturated carbocycles. The van der Waals surface area contributed by atoms with E-state index in [9.17, 15) is 9.59 Å². The molecule has 0 bridgehead atoms. The number of rotatable bonds is 6. The first kappa shape index (κ1) is 18.7. The Kier molecular flexibility index (Phi) is 5.29. The van der Waals surface area contributed by atoms with E-state index in [1.54, 1.807) is 12.1 Å². The van der Waals surface area contributed by atoms with Crippen molar-refractivity contribution in [3.63, 3.8) is 0 Å². The van der Waals surface area contributed by atoms with Gasteiger partial charge < -0.3 is 14.0 Å². The van der Waals surface area contributed by atoms with Crippen LogP contribution in [0.5, 0.6) is 5.75 Å². The quantitative estimate of drug-likeness (QED) is 0.366. The topological polar surface area (TPSA) is 57.5 Å². The summed E-state index contributed by atoms with van der Waals surface area (Å²) in [6.07, 6.45) is 0. The van der Waals surface area contributed by atoms with Crippen LogP contribution in [0.2, 0.25) is 0 Å². The monoisotopic (exact) mass is 387 g/mol. The summed E-state index contributed by atoms with van der Waals surface area (Å²) in [6, 6.07) is 22.1. The summed E-state index contributed by atoms with van der Waals surface area (Å²) in [6.45, 7) is 2.60. The van der Waals surface area contributed by atoms with Crippen LogP contribution in [0.25, 0.3) is 21.8 Å². The molecule has 1 aromatic heterocycles. The Bertz CT molecular complexity index is 1180. The maximum absolute atomic E-state index is 12.8. The average Bonchev–Trinajstić information content (AvgIpc) is 2.76. The molecule has 0 fully saturated rings. The van der Waals surface area contributed by atoms with Gasteiger partial charge in [-0.25, -0.2) is 0 Å². The largest absolute Gasteiger partial charge is 0.493 e. The summed E-state index contributed by atoms with van der Waals surface area (Å²) >= 11 is 0. The summed E-state index contributed by atoms with van der Waals surface area (Å²) in [5.41, 5.74) is 2.20. The van der Waals surface area contributed by atoms with Crippen LogP contribution in [0.4, 0.5) is 0 Å². The summed E-state index contributed by atoms with van der Waals surface area (Å²) in [4.78, 5) is 25.5. The number of carbonyl (C=O) groups excluding carboxylic acids is 1. The molecule has 3 aromatic carbocycles. The van der Waals surface area contributed by atoms with Crippen LogP contribution in [-0.4, -0.2) is 17.1 Å². The number of hydrogen-bond acceptors (Lipinski definition) is 4. The number of hydrogen-bond donors (Lipinski definition) is 0. The lowest BCUT2D eigenvalue weighted by molar-refractivity contribution is -0.145. The number of benzene rings is 3. The van der Waals surface area contributed by atoms with E-state index in [4.69, 9.17) is 9.47 Å². The molecule has 4 rings (SSSR count). The van der Waals surface area contributed by atoms with Crippen LogP contribution >= 0.6 is 0 Å². The number of ether oxygens (including phenoxy) is 2. The number of carbonyl (C=O) groups is 1. The highest BCUT2D eigenvalue weighted by Crippen LogP contribution is 2.21. The van der Waals surface area contributed by atoms with Gasteiger partial charge in [0.25, 0.3) is 0 Å². The lowest BCUT2D eigenvalue weighted by Gasteiger charge is -2.15. The third-order valence-electron chi connectivity index (χ3n) is 4.83. The molecule has 0 N–H and O–H groups in total. The Balaban J connectivity index is 1.65. The van der Waals surface area contributed by atoms with Gasteiger partial charge in [0, 0.05) is 16.3 Å². The molecule has 5 heteroatoms. The van der Waals surface area contributed by atoms with Crippen molar-refractivity contribution in [2.24, 2.45) is 0 Å². The smallest absolute Gasteiger partial charge is 0.326 e. The van der Waals surface area contributed by atoms with E-state index in [1.165, 1.54) is 0 Å². The molecular formula is C24H21NO4. The number of nitrogens with zero attached hydrogens (tertiary/aromatic N) is 1. The molecule has 0 radical (unpaired) electrons. The Morgan fingerprint density at radius 1 is 0.862 bits per heavy atom. The highest BCUT2D eigenvalue weighted by atomic mass is 16.5. The molecule has 146 valence electrons. The van der Waals surface area contributed by atoms with Gasteiger partial charge in [-0.15, -0.1) is 0 Å². The summed E-state index contributed by atoms with van der Waals surface area (Å²) in [5.74, 6) is 0.331. The first-order valence-electron chi connectivity index (χ1n) is 9.55. The molecule has 0 aliphatic carbocycles. The molecule has 0 spiro atoms. The molecule has 0 saturated heterocycles. The van der Waals surface area contributed by atoms with Crippen molar-refractivity contribution >= 4 is 27.8 Å². The van der Waals surface area contributed by atoms with Crippen molar-refractivity contribution < 1.29 is 14.3 Å². The highest BCUT2D eigenvalue weighted by molar-refractivity contribution is 5.94. The Hall–Kier alpha value is -3.60. The minimum Gasteiger partial charge on any atom is -0.493 e. The van der Waals surface area contributed by atoms with E-state index in [0.717, 1.165) is 5.56 Å². The van der Waals surface area contributed by atoms with Crippen molar-refractivity contribution in [1.82, 2.24) is 4.57 Å². The van der Waals surface area contributed by atoms with E-state index in [-0.39, 0.29) is 24.5 Å². The zero-order chi connectivity index (χ0) is 20.2. The van der Waals surface area contributed by atoms with Crippen LogP contribution in [-0.2, 0) is 22.7 Å². The fourth-order valence-corrected chi connectivity index (χ4v) is 3.50. The first-order valence-corrected chi connectivity index (χ1v) is 9.55. The van der Waals surface area contributed by atoms with Crippen LogP contribution in [0, 0.1) is 0 Å². The molecular weight excluding hydrogens is 366 g/mol. The fourth-order valence-electron chi connectivity index (χ4n) is 3.50. The molecule has 0 aliphatic heterocycles. The predicted octanol–water partition coefficient (Wildman–Crippen LogP) is 4.30. The first-order chi connectivity index (χ1) is 14.2. The molecule has 5 nitrogen and oxygen atoms in total. The van der Waals surface area contributed by atoms with Crippen molar-refractivity contribution in [3.05, 3.63) is 88.6 Å². The standard InChI is InChI=1S/C24H21NO4/c1-2-28-22-14-8-3-9-17(22)16-29-23(26)15-25-20-12-6-4-10-18(20)24(27)19-11-5-7-13-21(19)25/h3-14H,2,15-16H2,1H3. The van der Waals surface area contributed by atoms with Gasteiger partial charge in [-0.3, -0.25) is 9.59 Å². The predicted molar refractivity (Wildman–Crippen MR) is 113 cm³/mol. The molecule has 0 amide bonds. The van der Waals surface area contributed by atoms with Crippen LogP contribution < -0.4 is 10.2 Å². The second-order valence-corrected chi connectivity index (χ2v) is 6.65. The maximum atomic E-state index is 12.8. The Morgan fingerprint density at radius 3 is 2.10 bits per heavy atom. The minimum absolute atomic E-state index is 0.0120. The molecule has 0 unspecified atom stereocenters. The lowest BCUT2D eigenvalue weighted by atomic mass is 10.1. The van der Waals surface area contributed by atoms with E-state index in [2.05, 4.69) is 0 Å². The maximum Gasteiger partial charge on any atom is 0.326 e. The van der Waals surface area contributed by atoms with E-state index >= 15 is 0 Å². The number of fused-ring (bicyclic) bond motifs is 2. The number of pyridine rings is 1. The molecule has 0 aliphatic rings. The van der Waals surface area contributed by atoms with Crippen molar-refractivity contribution in [3.8, 4) is 5.75 Å². The Labute approximate surface area is 168 Å².